The van der Waals surface area contributed by atoms with Crippen molar-refractivity contribution in [2.45, 2.75) is 18.9 Å². The van der Waals surface area contributed by atoms with Gasteiger partial charge in [0.15, 0.2) is 0 Å². The third-order valence-electron chi connectivity index (χ3n) is 4.24. The second kappa shape index (κ2) is 6.46. The molecule has 0 aliphatic carbocycles. The third kappa shape index (κ3) is 3.10. The van der Waals surface area contributed by atoms with Crippen LogP contribution in [0.15, 0.2) is 62.2 Å². The maximum Gasteiger partial charge on any atom is 0.294 e. The topological polar surface area (TPSA) is 84.9 Å². The molecule has 1 atom stereocenters. The lowest BCUT2D eigenvalue weighted by atomic mass is 10.1. The van der Waals surface area contributed by atoms with E-state index in [0.717, 1.165) is 16.3 Å². The summed E-state index contributed by atoms with van der Waals surface area (Å²) < 4.78 is 6.54. The van der Waals surface area contributed by atoms with Crippen LogP contribution in [0.3, 0.4) is 0 Å². The number of fused-ring (bicyclic) bond motifs is 3. The van der Waals surface area contributed by atoms with Gasteiger partial charge in [-0.15, -0.1) is 0 Å². The van der Waals surface area contributed by atoms with E-state index >= 15 is 0 Å². The molecule has 5 nitrogen and oxygen atoms in total. The van der Waals surface area contributed by atoms with Crippen molar-refractivity contribution >= 4 is 38.0 Å². The van der Waals surface area contributed by atoms with E-state index in [9.17, 15) is 4.79 Å². The highest BCUT2D eigenvalue weighted by Gasteiger charge is 2.16. The largest absolute Gasteiger partial charge is 0.449 e. The van der Waals surface area contributed by atoms with E-state index in [2.05, 4.69) is 38.0 Å². The first-order chi connectivity index (χ1) is 12.1. The van der Waals surface area contributed by atoms with E-state index in [1.807, 2.05) is 36.4 Å². The van der Waals surface area contributed by atoms with E-state index in [4.69, 9.17) is 10.2 Å². The lowest BCUT2D eigenvalue weighted by molar-refractivity contribution is 0.607. The first kappa shape index (κ1) is 16.1. The van der Waals surface area contributed by atoms with Gasteiger partial charge in [-0.05, 0) is 36.6 Å². The fourth-order valence-corrected chi connectivity index (χ4v) is 3.28. The van der Waals surface area contributed by atoms with Gasteiger partial charge in [-0.25, -0.2) is 4.98 Å². The second-order valence-electron chi connectivity index (χ2n) is 6.00. The molecule has 0 aliphatic heterocycles. The highest BCUT2D eigenvalue weighted by Crippen LogP contribution is 2.28. The Morgan fingerprint density at radius 2 is 2.00 bits per heavy atom. The zero-order valence-corrected chi connectivity index (χ0v) is 14.9. The summed E-state index contributed by atoms with van der Waals surface area (Å²) in [7, 11) is 0. The van der Waals surface area contributed by atoms with Crippen molar-refractivity contribution in [3.05, 3.63) is 74.7 Å². The van der Waals surface area contributed by atoms with Crippen molar-refractivity contribution in [1.82, 2.24) is 9.97 Å². The summed E-state index contributed by atoms with van der Waals surface area (Å²) in [6, 6.07) is 15.3. The highest BCUT2D eigenvalue weighted by atomic mass is 79.9. The van der Waals surface area contributed by atoms with Gasteiger partial charge in [0.2, 0.25) is 5.58 Å². The predicted molar refractivity (Wildman–Crippen MR) is 102 cm³/mol. The number of furan rings is 1. The van der Waals surface area contributed by atoms with Crippen molar-refractivity contribution in [2.75, 3.05) is 0 Å². The van der Waals surface area contributed by atoms with Crippen LogP contribution in [0.1, 0.15) is 23.9 Å². The Hall–Kier alpha value is -2.44. The molecule has 0 saturated heterocycles. The molecule has 4 aromatic rings. The van der Waals surface area contributed by atoms with Crippen LogP contribution in [0.2, 0.25) is 0 Å². The molecule has 25 heavy (non-hydrogen) atoms. The minimum Gasteiger partial charge on any atom is -0.449 e. The molecule has 0 saturated carbocycles. The Morgan fingerprint density at radius 1 is 1.20 bits per heavy atom. The highest BCUT2D eigenvalue weighted by molar-refractivity contribution is 9.10. The van der Waals surface area contributed by atoms with Gasteiger partial charge in [-0.3, -0.25) is 4.79 Å². The normalized spacial score (nSPS) is 12.7. The average molecular weight is 398 g/mol. The van der Waals surface area contributed by atoms with Gasteiger partial charge in [0.25, 0.3) is 5.56 Å². The molecule has 2 heterocycles. The molecule has 1 unspecified atom stereocenters. The Bertz CT molecular complexity index is 1100. The van der Waals surface area contributed by atoms with Crippen LogP contribution in [0, 0.1) is 0 Å². The summed E-state index contributed by atoms with van der Waals surface area (Å²) in [6.45, 7) is 0. The number of hydrogen-bond acceptors (Lipinski definition) is 4. The number of halogens is 1. The van der Waals surface area contributed by atoms with Gasteiger partial charge in [0.05, 0.1) is 6.04 Å². The number of nitrogens with zero attached hydrogens (tertiary/aromatic N) is 1. The van der Waals surface area contributed by atoms with Gasteiger partial charge < -0.3 is 15.1 Å². The van der Waals surface area contributed by atoms with E-state index in [0.29, 0.717) is 23.3 Å². The second-order valence-corrected chi connectivity index (χ2v) is 6.92. The molecule has 2 aromatic heterocycles. The number of H-pyrrole nitrogens is 1. The number of benzene rings is 2. The average Bonchev–Trinajstić information content (AvgIpc) is 2.99. The lowest BCUT2D eigenvalue weighted by Gasteiger charge is -2.10. The van der Waals surface area contributed by atoms with Gasteiger partial charge in [0.1, 0.15) is 16.9 Å². The fourth-order valence-electron chi connectivity index (χ4n) is 2.92. The van der Waals surface area contributed by atoms with Crippen LogP contribution in [0.4, 0.5) is 0 Å². The van der Waals surface area contributed by atoms with Crippen molar-refractivity contribution in [3.8, 4) is 0 Å². The molecule has 4 rings (SSSR count). The molecule has 0 spiro atoms. The Balaban J connectivity index is 1.70. The number of nitrogens with two attached hydrogens (primary N) is 1. The van der Waals surface area contributed by atoms with Gasteiger partial charge in [-0.1, -0.05) is 46.3 Å². The van der Waals surface area contributed by atoms with E-state index in [1.165, 1.54) is 5.56 Å². The summed E-state index contributed by atoms with van der Waals surface area (Å²) in [6.07, 6.45) is 1.51. The van der Waals surface area contributed by atoms with Crippen molar-refractivity contribution in [3.63, 3.8) is 0 Å². The van der Waals surface area contributed by atoms with Gasteiger partial charge >= 0.3 is 0 Å². The minimum atomic E-state index is -0.352. The third-order valence-corrected chi connectivity index (χ3v) is 4.74. The SMILES string of the molecule is NC(CCc1ccccc1)c1nc2c(oc3ccc(Br)cc32)c(=O)[nH]1. The molecular weight excluding hydrogens is 382 g/mol. The first-order valence-corrected chi connectivity index (χ1v) is 8.82. The molecule has 0 aliphatic rings. The molecule has 126 valence electrons. The standard InChI is InChI=1S/C19H16BrN3O2/c20-12-7-9-15-13(10-12)16-17(25-15)19(24)23-18(22-16)14(21)8-6-11-4-2-1-3-5-11/h1-5,7,9-10,14H,6,8,21H2,(H,22,23,24). The van der Waals surface area contributed by atoms with Gasteiger partial charge in [-0.2, -0.15) is 0 Å². The number of aromatic nitrogens is 2. The predicted octanol–water partition coefficient (Wildman–Crippen LogP) is 4.06. The van der Waals surface area contributed by atoms with Crippen LogP contribution in [0.5, 0.6) is 0 Å². The monoisotopic (exact) mass is 397 g/mol. The van der Waals surface area contributed by atoms with Crippen LogP contribution in [-0.2, 0) is 6.42 Å². The minimum absolute atomic E-state index is 0.229. The van der Waals surface area contributed by atoms with Crippen LogP contribution in [0.25, 0.3) is 22.1 Å². The van der Waals surface area contributed by atoms with E-state index < -0.39 is 0 Å². The van der Waals surface area contributed by atoms with Gasteiger partial charge in [0, 0.05) is 9.86 Å². The molecule has 0 amide bonds. The van der Waals surface area contributed by atoms with Crippen molar-refractivity contribution in [2.24, 2.45) is 5.73 Å². The number of aromatic amines is 1. The van der Waals surface area contributed by atoms with Crippen molar-refractivity contribution in [1.29, 1.82) is 0 Å². The number of aryl methyl sites for hydroxylation is 1. The summed E-state index contributed by atoms with van der Waals surface area (Å²) in [5.74, 6) is 0.483. The zero-order valence-electron chi connectivity index (χ0n) is 13.3. The molecule has 0 fully saturated rings. The molecular formula is C19H16BrN3O2. The smallest absolute Gasteiger partial charge is 0.294 e. The lowest BCUT2D eigenvalue weighted by Crippen LogP contribution is -2.20. The number of rotatable bonds is 4. The Morgan fingerprint density at radius 3 is 2.80 bits per heavy atom. The number of nitrogens with one attached hydrogen (secondary N) is 1. The number of hydrogen-bond donors (Lipinski definition) is 2. The quantitative estimate of drug-likeness (QED) is 0.543. The van der Waals surface area contributed by atoms with Crippen LogP contribution in [-0.4, -0.2) is 9.97 Å². The molecule has 0 bridgehead atoms. The maximum atomic E-state index is 12.4. The Kier molecular flexibility index (Phi) is 4.15. The molecule has 6 heteroatoms. The zero-order chi connectivity index (χ0) is 17.4. The summed E-state index contributed by atoms with van der Waals surface area (Å²) in [4.78, 5) is 19.7. The summed E-state index contributed by atoms with van der Waals surface area (Å²) in [5, 5.41) is 0.798. The molecule has 3 N–H and O–H groups in total. The van der Waals surface area contributed by atoms with Crippen LogP contribution >= 0.6 is 15.9 Å². The summed E-state index contributed by atoms with van der Waals surface area (Å²) in [5.41, 5.74) is 8.58. The van der Waals surface area contributed by atoms with E-state index in [1.54, 1.807) is 0 Å². The molecule has 2 aromatic carbocycles. The van der Waals surface area contributed by atoms with E-state index in [-0.39, 0.29) is 17.2 Å². The Labute approximate surface area is 152 Å². The van der Waals surface area contributed by atoms with Crippen LogP contribution < -0.4 is 11.3 Å². The molecule has 0 radical (unpaired) electrons. The van der Waals surface area contributed by atoms with Crippen molar-refractivity contribution < 1.29 is 4.42 Å². The maximum absolute atomic E-state index is 12.4. The fraction of sp³-hybridized carbons (Fsp3) is 0.158. The summed E-state index contributed by atoms with van der Waals surface area (Å²) >= 11 is 3.44. The first-order valence-electron chi connectivity index (χ1n) is 8.03.